The third-order valence-electron chi connectivity index (χ3n) is 2.98. The van der Waals surface area contributed by atoms with E-state index >= 15 is 0 Å². The zero-order valence-electron chi connectivity index (χ0n) is 10.2. The van der Waals surface area contributed by atoms with Gasteiger partial charge in [0.25, 0.3) is 5.91 Å². The molecule has 1 aliphatic heterocycles. The molecule has 1 saturated heterocycles. The number of piperazine rings is 1. The van der Waals surface area contributed by atoms with Crippen molar-refractivity contribution in [3.63, 3.8) is 0 Å². The van der Waals surface area contributed by atoms with E-state index in [0.29, 0.717) is 19.6 Å². The third-order valence-corrected chi connectivity index (χ3v) is 2.98. The lowest BCUT2D eigenvalue weighted by atomic mass is 10.2. The first kappa shape index (κ1) is 12.6. The molecule has 1 amide bonds. The summed E-state index contributed by atoms with van der Waals surface area (Å²) in [5, 5.41) is 16.2. The van der Waals surface area contributed by atoms with Crippen LogP contribution in [0.2, 0.25) is 0 Å². The molecular weight excluding hydrogens is 236 g/mol. The first-order chi connectivity index (χ1) is 8.65. The summed E-state index contributed by atoms with van der Waals surface area (Å²) in [5.74, 6) is -1.37. The highest BCUT2D eigenvalue weighted by Crippen LogP contribution is 2.12. The van der Waals surface area contributed by atoms with E-state index in [4.69, 9.17) is 5.11 Å². The third kappa shape index (κ3) is 2.21. The van der Waals surface area contributed by atoms with Gasteiger partial charge in [0.1, 0.15) is 11.3 Å². The first-order valence-corrected chi connectivity index (χ1v) is 5.94. The number of nitrogens with one attached hydrogen (secondary N) is 1. The van der Waals surface area contributed by atoms with Crippen molar-refractivity contribution in [2.75, 3.05) is 26.2 Å². The Hall–Kier alpha value is -1.89. The largest absolute Gasteiger partial charge is 0.478 e. The summed E-state index contributed by atoms with van der Waals surface area (Å²) < 4.78 is 1.44. The number of carbonyl (C=O) groups is 2. The maximum atomic E-state index is 12.3. The van der Waals surface area contributed by atoms with Crippen molar-refractivity contribution >= 4 is 11.9 Å². The highest BCUT2D eigenvalue weighted by Gasteiger charge is 2.27. The van der Waals surface area contributed by atoms with Crippen molar-refractivity contribution < 1.29 is 14.7 Å². The minimum absolute atomic E-state index is 0.0274. The van der Waals surface area contributed by atoms with Crippen molar-refractivity contribution in [1.82, 2.24) is 20.0 Å². The maximum Gasteiger partial charge on any atom is 0.339 e. The van der Waals surface area contributed by atoms with Gasteiger partial charge < -0.3 is 15.3 Å². The summed E-state index contributed by atoms with van der Waals surface area (Å²) in [6.45, 7) is 4.94. The van der Waals surface area contributed by atoms with E-state index < -0.39 is 5.97 Å². The molecule has 0 bridgehead atoms. The van der Waals surface area contributed by atoms with Crippen LogP contribution in [0.25, 0.3) is 0 Å². The van der Waals surface area contributed by atoms with Gasteiger partial charge in [-0.15, -0.1) is 0 Å². The Kier molecular flexibility index (Phi) is 3.61. The molecule has 0 atom stereocenters. The molecule has 1 aliphatic rings. The van der Waals surface area contributed by atoms with Crippen molar-refractivity contribution in [3.8, 4) is 0 Å². The molecule has 0 radical (unpaired) electrons. The fourth-order valence-electron chi connectivity index (χ4n) is 2.02. The molecule has 7 nitrogen and oxygen atoms in total. The average Bonchev–Trinajstić information content (AvgIpc) is 2.82. The van der Waals surface area contributed by atoms with E-state index in [2.05, 4.69) is 10.4 Å². The molecule has 1 aromatic rings. The lowest BCUT2D eigenvalue weighted by molar-refractivity contribution is 0.0665. The van der Waals surface area contributed by atoms with E-state index in [1.165, 1.54) is 10.9 Å². The molecule has 2 rings (SSSR count). The van der Waals surface area contributed by atoms with Gasteiger partial charge in [-0.2, -0.15) is 5.10 Å². The lowest BCUT2D eigenvalue weighted by Crippen LogP contribution is -2.47. The van der Waals surface area contributed by atoms with Gasteiger partial charge in [0, 0.05) is 32.7 Å². The lowest BCUT2D eigenvalue weighted by Gasteiger charge is -2.27. The van der Waals surface area contributed by atoms with Gasteiger partial charge in [0.05, 0.1) is 6.20 Å². The summed E-state index contributed by atoms with van der Waals surface area (Å²) in [6.07, 6.45) is 1.24. The molecule has 1 aromatic heterocycles. The zero-order chi connectivity index (χ0) is 13.1. The van der Waals surface area contributed by atoms with Gasteiger partial charge in [-0.05, 0) is 6.92 Å². The number of aromatic carboxylic acids is 1. The van der Waals surface area contributed by atoms with Crippen LogP contribution in [0.1, 0.15) is 27.8 Å². The molecular formula is C11H16N4O3. The van der Waals surface area contributed by atoms with Crippen molar-refractivity contribution in [1.29, 1.82) is 0 Å². The number of carbonyl (C=O) groups excluding carboxylic acids is 1. The summed E-state index contributed by atoms with van der Waals surface area (Å²) >= 11 is 0. The maximum absolute atomic E-state index is 12.3. The Balaban J connectivity index is 2.32. The first-order valence-electron chi connectivity index (χ1n) is 5.94. The number of hydrogen-bond acceptors (Lipinski definition) is 4. The van der Waals surface area contributed by atoms with Crippen LogP contribution < -0.4 is 5.32 Å². The Morgan fingerprint density at radius 2 is 2.11 bits per heavy atom. The van der Waals surface area contributed by atoms with Crippen LogP contribution in [-0.2, 0) is 6.54 Å². The molecule has 2 heterocycles. The fraction of sp³-hybridized carbons (Fsp3) is 0.545. The van der Waals surface area contributed by atoms with Crippen LogP contribution in [0, 0.1) is 0 Å². The molecule has 0 aliphatic carbocycles. The van der Waals surface area contributed by atoms with Crippen LogP contribution >= 0.6 is 0 Å². The standard InChI is InChI=1S/C11H16N4O3/c1-2-15-9(8(7-13-15)11(17)18)10(16)14-5-3-12-4-6-14/h7,12H,2-6H2,1H3,(H,17,18). The van der Waals surface area contributed by atoms with Gasteiger partial charge >= 0.3 is 5.97 Å². The molecule has 0 spiro atoms. The second kappa shape index (κ2) is 5.18. The minimum Gasteiger partial charge on any atom is -0.478 e. The molecule has 98 valence electrons. The van der Waals surface area contributed by atoms with Crippen LogP contribution in [0.5, 0.6) is 0 Å². The van der Waals surface area contributed by atoms with Crippen molar-refractivity contribution in [2.24, 2.45) is 0 Å². The molecule has 18 heavy (non-hydrogen) atoms. The number of hydrogen-bond donors (Lipinski definition) is 2. The topological polar surface area (TPSA) is 87.5 Å². The average molecular weight is 252 g/mol. The monoisotopic (exact) mass is 252 g/mol. The molecule has 2 N–H and O–H groups in total. The summed E-state index contributed by atoms with van der Waals surface area (Å²) in [7, 11) is 0. The van der Waals surface area contributed by atoms with Crippen LogP contribution in [0.3, 0.4) is 0 Å². The van der Waals surface area contributed by atoms with Gasteiger partial charge in [0.2, 0.25) is 0 Å². The summed E-state index contributed by atoms with van der Waals surface area (Å²) in [5.41, 5.74) is 0.146. The molecule has 0 saturated carbocycles. The van der Waals surface area contributed by atoms with E-state index in [9.17, 15) is 9.59 Å². The van der Waals surface area contributed by atoms with E-state index in [-0.39, 0.29) is 17.2 Å². The highest BCUT2D eigenvalue weighted by molar-refractivity contribution is 6.03. The number of carboxylic acids is 1. The van der Waals surface area contributed by atoms with Gasteiger partial charge in [-0.3, -0.25) is 9.48 Å². The molecule has 0 unspecified atom stereocenters. The second-order valence-electron chi connectivity index (χ2n) is 4.07. The van der Waals surface area contributed by atoms with Crippen LogP contribution in [0.15, 0.2) is 6.20 Å². The van der Waals surface area contributed by atoms with Gasteiger partial charge in [0.15, 0.2) is 0 Å². The predicted molar refractivity (Wildman–Crippen MR) is 63.6 cm³/mol. The van der Waals surface area contributed by atoms with E-state index in [1.807, 2.05) is 6.92 Å². The number of aromatic nitrogens is 2. The van der Waals surface area contributed by atoms with E-state index in [0.717, 1.165) is 13.1 Å². The van der Waals surface area contributed by atoms with Crippen molar-refractivity contribution in [3.05, 3.63) is 17.5 Å². The number of aryl methyl sites for hydroxylation is 1. The Bertz CT molecular complexity index is 463. The van der Waals surface area contributed by atoms with Crippen molar-refractivity contribution in [2.45, 2.75) is 13.5 Å². The van der Waals surface area contributed by atoms with Gasteiger partial charge in [-0.1, -0.05) is 0 Å². The number of rotatable bonds is 3. The predicted octanol–water partition coefficient (Wildman–Crippen LogP) is -0.353. The smallest absolute Gasteiger partial charge is 0.339 e. The molecule has 7 heteroatoms. The molecule has 0 aromatic carbocycles. The Morgan fingerprint density at radius 1 is 1.44 bits per heavy atom. The SMILES string of the molecule is CCn1ncc(C(=O)O)c1C(=O)N1CCNCC1. The fourth-order valence-corrected chi connectivity index (χ4v) is 2.02. The Morgan fingerprint density at radius 3 is 2.67 bits per heavy atom. The van der Waals surface area contributed by atoms with Crippen LogP contribution in [-0.4, -0.2) is 57.8 Å². The highest BCUT2D eigenvalue weighted by atomic mass is 16.4. The van der Waals surface area contributed by atoms with Crippen LogP contribution in [0.4, 0.5) is 0 Å². The summed E-state index contributed by atoms with van der Waals surface area (Å²) in [4.78, 5) is 25.1. The van der Waals surface area contributed by atoms with Gasteiger partial charge in [-0.25, -0.2) is 4.79 Å². The van der Waals surface area contributed by atoms with E-state index in [1.54, 1.807) is 4.90 Å². The zero-order valence-corrected chi connectivity index (χ0v) is 10.2. The summed E-state index contributed by atoms with van der Waals surface area (Å²) in [6, 6.07) is 0. The normalized spacial score (nSPS) is 15.7. The number of carboxylic acid groups (broad SMARTS) is 1. The minimum atomic E-state index is -1.12. The quantitative estimate of drug-likeness (QED) is 0.767. The second-order valence-corrected chi connectivity index (χ2v) is 4.07. The Labute approximate surface area is 104 Å². The number of nitrogens with zero attached hydrogens (tertiary/aromatic N) is 3. The number of amides is 1. The molecule has 1 fully saturated rings.